The summed E-state index contributed by atoms with van der Waals surface area (Å²) < 4.78 is 11.2. The molecule has 4 heterocycles. The van der Waals surface area contributed by atoms with Crippen LogP contribution in [0.1, 0.15) is 36.9 Å². The Labute approximate surface area is 140 Å². The molecule has 0 spiro atoms. The van der Waals surface area contributed by atoms with Crippen LogP contribution in [-0.4, -0.2) is 32.8 Å². The van der Waals surface area contributed by atoms with E-state index < -0.39 is 6.10 Å². The quantitative estimate of drug-likeness (QED) is 0.726. The van der Waals surface area contributed by atoms with Crippen LogP contribution >= 0.6 is 0 Å². The molecule has 3 aromatic heterocycles. The molecule has 0 amide bonds. The van der Waals surface area contributed by atoms with Crippen LogP contribution in [0.25, 0.3) is 11.5 Å². The molecule has 2 atom stereocenters. The number of nitrogens with zero attached hydrogens (tertiary/aromatic N) is 2. The molecule has 6 nitrogen and oxygen atoms in total. The first-order valence-electron chi connectivity index (χ1n) is 8.33. The number of hydrogen-bond donors (Lipinski definition) is 2. The molecule has 2 N–H and O–H groups in total. The van der Waals surface area contributed by atoms with Crippen LogP contribution in [0.4, 0.5) is 0 Å². The lowest BCUT2D eigenvalue weighted by atomic mass is 10.1. The van der Waals surface area contributed by atoms with E-state index in [4.69, 9.17) is 8.83 Å². The number of likely N-dealkylation sites (tertiary alicyclic amines) is 1. The third kappa shape index (κ3) is 3.16. The van der Waals surface area contributed by atoms with Crippen LogP contribution in [-0.2, 0) is 6.54 Å². The smallest absolute Gasteiger partial charge is 0.152 e. The average Bonchev–Trinajstić information content (AvgIpc) is 3.37. The van der Waals surface area contributed by atoms with Crippen molar-refractivity contribution in [1.29, 1.82) is 0 Å². The van der Waals surface area contributed by atoms with Gasteiger partial charge in [0.05, 0.1) is 12.8 Å². The van der Waals surface area contributed by atoms with Crippen molar-refractivity contribution >= 4 is 0 Å². The van der Waals surface area contributed by atoms with E-state index in [-0.39, 0.29) is 0 Å². The van der Waals surface area contributed by atoms with Crippen molar-refractivity contribution in [3.63, 3.8) is 0 Å². The van der Waals surface area contributed by atoms with E-state index in [0.29, 0.717) is 18.2 Å². The number of furan rings is 2. The number of aliphatic hydroxyl groups is 1. The third-order valence-corrected chi connectivity index (χ3v) is 4.65. The van der Waals surface area contributed by atoms with Gasteiger partial charge in [0, 0.05) is 12.2 Å². The Kier molecular flexibility index (Phi) is 4.23. The Morgan fingerprint density at radius 3 is 3.08 bits per heavy atom. The predicted octanol–water partition coefficient (Wildman–Crippen LogP) is 3.35. The summed E-state index contributed by atoms with van der Waals surface area (Å²) in [6.45, 7) is 1.78. The fourth-order valence-electron chi connectivity index (χ4n) is 3.43. The molecule has 0 saturated carbocycles. The number of hydrogen-bond acceptors (Lipinski definition) is 5. The van der Waals surface area contributed by atoms with E-state index in [9.17, 15) is 5.11 Å². The second kappa shape index (κ2) is 6.67. The summed E-state index contributed by atoms with van der Waals surface area (Å²) in [7, 11) is 0. The van der Waals surface area contributed by atoms with Crippen LogP contribution < -0.4 is 0 Å². The second-order valence-corrected chi connectivity index (χ2v) is 6.27. The molecule has 0 aliphatic carbocycles. The minimum absolute atomic E-state index is 0.339. The Bertz CT molecular complexity index is 748. The maximum absolute atomic E-state index is 10.3. The summed E-state index contributed by atoms with van der Waals surface area (Å²) in [5.41, 5.74) is 0.882. The van der Waals surface area contributed by atoms with Crippen LogP contribution in [0.2, 0.25) is 0 Å². The van der Waals surface area contributed by atoms with Gasteiger partial charge in [-0.2, -0.15) is 5.10 Å². The van der Waals surface area contributed by atoms with Crippen molar-refractivity contribution in [2.75, 3.05) is 6.54 Å². The summed E-state index contributed by atoms with van der Waals surface area (Å²) in [6, 6.07) is 9.84. The van der Waals surface area contributed by atoms with Crippen molar-refractivity contribution in [2.24, 2.45) is 0 Å². The molecule has 1 saturated heterocycles. The largest absolute Gasteiger partial charge is 0.467 e. The van der Waals surface area contributed by atoms with Gasteiger partial charge in [0.2, 0.25) is 0 Å². The fourth-order valence-corrected chi connectivity index (χ4v) is 3.43. The zero-order valence-corrected chi connectivity index (χ0v) is 13.4. The zero-order chi connectivity index (χ0) is 16.4. The van der Waals surface area contributed by atoms with Crippen LogP contribution in [0.3, 0.4) is 0 Å². The summed E-state index contributed by atoms with van der Waals surface area (Å²) >= 11 is 0. The minimum atomic E-state index is -0.553. The maximum Gasteiger partial charge on any atom is 0.152 e. The molecule has 3 aromatic rings. The normalized spacial score (nSPS) is 19.8. The van der Waals surface area contributed by atoms with Gasteiger partial charge < -0.3 is 13.9 Å². The van der Waals surface area contributed by atoms with Crippen LogP contribution in [0.5, 0.6) is 0 Å². The molecule has 1 aliphatic rings. The van der Waals surface area contributed by atoms with Crippen LogP contribution in [0.15, 0.2) is 51.6 Å². The molecule has 126 valence electrons. The molecule has 0 bridgehead atoms. The van der Waals surface area contributed by atoms with Gasteiger partial charge in [0.1, 0.15) is 23.3 Å². The second-order valence-electron chi connectivity index (χ2n) is 6.27. The number of aromatic amines is 1. The van der Waals surface area contributed by atoms with Crippen molar-refractivity contribution < 1.29 is 13.9 Å². The number of H-pyrrole nitrogens is 1. The molecule has 24 heavy (non-hydrogen) atoms. The van der Waals surface area contributed by atoms with Gasteiger partial charge in [0.25, 0.3) is 0 Å². The monoisotopic (exact) mass is 327 g/mol. The first kappa shape index (κ1) is 15.2. The molecule has 4 rings (SSSR count). The van der Waals surface area contributed by atoms with E-state index in [1.54, 1.807) is 12.5 Å². The Balaban J connectivity index is 1.40. The zero-order valence-electron chi connectivity index (χ0n) is 13.4. The van der Waals surface area contributed by atoms with E-state index in [1.807, 2.05) is 30.3 Å². The molecule has 1 aliphatic heterocycles. The van der Waals surface area contributed by atoms with E-state index in [2.05, 4.69) is 15.1 Å². The van der Waals surface area contributed by atoms with E-state index in [0.717, 1.165) is 43.1 Å². The standard InChI is InChI=1S/C18H21N3O3/c22-16(18-4-2-10-23-18)11-13-3-1-9-21(13)12-14-5-6-17(24-14)15-7-8-19-20-15/h2,4-8,10,13,16,22H,1,3,9,11-12H2,(H,19,20)/t13-,16-/m0/s1. The molecule has 0 radical (unpaired) electrons. The van der Waals surface area contributed by atoms with Gasteiger partial charge in [-0.25, -0.2) is 0 Å². The van der Waals surface area contributed by atoms with E-state index >= 15 is 0 Å². The first-order chi connectivity index (χ1) is 11.8. The summed E-state index contributed by atoms with van der Waals surface area (Å²) in [4.78, 5) is 2.38. The minimum Gasteiger partial charge on any atom is -0.467 e. The maximum atomic E-state index is 10.3. The Morgan fingerprint density at radius 1 is 1.33 bits per heavy atom. The fraction of sp³-hybridized carbons (Fsp3) is 0.389. The lowest BCUT2D eigenvalue weighted by Gasteiger charge is -2.25. The SMILES string of the molecule is O[C@@H](C[C@@H]1CCCN1Cc1ccc(-c2ccn[nH]2)o1)c1ccco1. The van der Waals surface area contributed by atoms with Gasteiger partial charge in [0.15, 0.2) is 5.76 Å². The van der Waals surface area contributed by atoms with Gasteiger partial charge in [-0.05, 0) is 56.1 Å². The van der Waals surface area contributed by atoms with Gasteiger partial charge >= 0.3 is 0 Å². The van der Waals surface area contributed by atoms with Gasteiger partial charge in [-0.15, -0.1) is 0 Å². The van der Waals surface area contributed by atoms with Gasteiger partial charge in [-0.1, -0.05) is 0 Å². The summed E-state index contributed by atoms with van der Waals surface area (Å²) in [5, 5.41) is 17.2. The predicted molar refractivity (Wildman–Crippen MR) is 88.0 cm³/mol. The van der Waals surface area contributed by atoms with Crippen molar-refractivity contribution in [1.82, 2.24) is 15.1 Å². The highest BCUT2D eigenvalue weighted by Crippen LogP contribution is 2.29. The molecule has 0 aromatic carbocycles. The Morgan fingerprint density at radius 2 is 2.29 bits per heavy atom. The van der Waals surface area contributed by atoms with Crippen molar-refractivity contribution in [3.8, 4) is 11.5 Å². The molecular formula is C18H21N3O3. The van der Waals surface area contributed by atoms with Gasteiger partial charge in [-0.3, -0.25) is 10.00 Å². The lowest BCUT2D eigenvalue weighted by Crippen LogP contribution is -2.30. The number of rotatable bonds is 6. The van der Waals surface area contributed by atoms with Crippen molar-refractivity contribution in [3.05, 3.63) is 54.3 Å². The van der Waals surface area contributed by atoms with Crippen LogP contribution in [0, 0.1) is 0 Å². The third-order valence-electron chi connectivity index (χ3n) is 4.65. The highest BCUT2D eigenvalue weighted by atomic mass is 16.4. The molecule has 6 heteroatoms. The number of aromatic nitrogens is 2. The van der Waals surface area contributed by atoms with Crippen molar-refractivity contribution in [2.45, 2.75) is 38.0 Å². The highest BCUT2D eigenvalue weighted by Gasteiger charge is 2.28. The molecule has 0 unspecified atom stereocenters. The van der Waals surface area contributed by atoms with E-state index in [1.165, 1.54) is 0 Å². The number of nitrogens with one attached hydrogen (secondary N) is 1. The first-order valence-corrected chi connectivity index (χ1v) is 8.33. The lowest BCUT2D eigenvalue weighted by molar-refractivity contribution is 0.0972. The molecular weight excluding hydrogens is 306 g/mol. The summed E-state index contributed by atoms with van der Waals surface area (Å²) in [5.74, 6) is 2.37. The average molecular weight is 327 g/mol. The Hall–Kier alpha value is -2.31. The molecule has 1 fully saturated rings. The topological polar surface area (TPSA) is 78.4 Å². The summed E-state index contributed by atoms with van der Waals surface area (Å²) in [6.07, 6.45) is 5.68. The number of aliphatic hydroxyl groups excluding tert-OH is 1. The highest BCUT2D eigenvalue weighted by molar-refractivity contribution is 5.51.